The van der Waals surface area contributed by atoms with E-state index in [2.05, 4.69) is 82.0 Å². The topological polar surface area (TPSA) is 362 Å². The predicted octanol–water partition coefficient (Wildman–Crippen LogP) is 11.1. The quantitative estimate of drug-likeness (QED) is 0.0282. The van der Waals surface area contributed by atoms with Gasteiger partial charge >= 0.3 is 0 Å². The number of carbonyl (C=O) groups is 4. The zero-order valence-electron chi connectivity index (χ0n) is 50.1. The summed E-state index contributed by atoms with van der Waals surface area (Å²) in [4.78, 5) is 64.9. The van der Waals surface area contributed by atoms with Crippen molar-refractivity contribution < 1.29 is 33.4 Å². The molecule has 0 fully saturated rings. The molecule has 12 N–H and O–H groups in total. The number of benzene rings is 7. The number of hydrogen-bond acceptors (Lipinski definition) is 21. The van der Waals surface area contributed by atoms with Crippen molar-refractivity contribution in [1.82, 2.24) is 76.7 Å². The minimum absolute atomic E-state index is 0.0727. The third-order valence-corrected chi connectivity index (χ3v) is 17.0. The first kappa shape index (κ1) is 68.3. The molecule has 0 unspecified atom stereocenters. The van der Waals surface area contributed by atoms with Crippen molar-refractivity contribution in [2.75, 3.05) is 37.7 Å². The van der Waals surface area contributed by atoms with Crippen molar-refractivity contribution in [3.8, 4) is 17.2 Å². The third kappa shape index (κ3) is 21.5. The summed E-state index contributed by atoms with van der Waals surface area (Å²) in [6.45, 7) is 1.06. The Kier molecular flexibility index (Phi) is 25.5. The fraction of sp³-hybridized carbons (Fsp3) is 0.143. The highest BCUT2D eigenvalue weighted by Crippen LogP contribution is 2.33. The highest BCUT2D eigenvalue weighted by atomic mass is 35.5. The zero-order valence-corrected chi connectivity index (χ0v) is 54.9. The van der Waals surface area contributed by atoms with E-state index < -0.39 is 0 Å². The Morgan fingerprint density at radius 2 is 1.00 bits per heavy atom. The van der Waals surface area contributed by atoms with Crippen LogP contribution in [0.5, 0.6) is 17.2 Å². The number of nitrogen functional groups attached to an aromatic ring is 2. The molecule has 94 heavy (non-hydrogen) atoms. The number of nitrogens with one attached hydrogen (secondary N) is 8. The summed E-state index contributed by atoms with van der Waals surface area (Å²) in [6.07, 6.45) is 2.95. The molecule has 0 spiro atoms. The molecule has 0 saturated carbocycles. The Morgan fingerprint density at radius 1 is 0.521 bits per heavy atom. The molecule has 11 aromatic rings. The second-order valence-corrected chi connectivity index (χ2v) is 24.3. The molecule has 1 aliphatic heterocycles. The highest BCUT2D eigenvalue weighted by Gasteiger charge is 2.16. The second-order valence-electron chi connectivity index (χ2n) is 19.6. The van der Waals surface area contributed by atoms with Crippen LogP contribution in [0.15, 0.2) is 191 Å². The number of rotatable bonds is 22. The third-order valence-electron chi connectivity index (χ3n) is 12.9. The number of carbonyl (C=O) groups excluding carboxylic acids is 4. The van der Waals surface area contributed by atoms with Crippen LogP contribution in [-0.4, -0.2) is 105 Å². The standard InChI is InChI=1S/C18H19N5O2S.C18H16N4O3S.C16H13Cl2N5OS.C11H12N4OS/c1-25-15-8-3-2-6-14(15)10-20-16(24)13-7-4-5-12(9-13)11-26-18-21-17(19)22-23-18;23-17(19-8-12-4-5-15-16(7-12)25-11-24-15)14-3-1-2-13(6-14)9-26-18-20-10-21-22-18;17-11-5-12(18)7-13(6-11)20-14(24)10-3-1-2-9(4-10)8-25-16-21-15(19)22-23-16;1-12-10(16)9-4-2-3-8(5-9)6-17-11-13-7-14-15-11/h2-9H,10-11H2,1H3,(H,20,24)(H3,19,21,22,23);1-7,10H,8-9,11H2,(H,19,23)(H,20,21,22);1-7H,8H2,(H,20,24)(H3,19,21,22,23);2-5,7H,6H2,1H3,(H,12,16)(H,13,14,15). The fourth-order valence-electron chi connectivity index (χ4n) is 8.42. The molecule has 482 valence electrons. The van der Waals surface area contributed by atoms with Crippen molar-refractivity contribution in [3.05, 3.63) is 236 Å². The molecule has 1 aliphatic rings. The predicted molar refractivity (Wildman–Crippen MR) is 364 cm³/mol. The lowest BCUT2D eigenvalue weighted by molar-refractivity contribution is 0.0942. The molecule has 5 heterocycles. The smallest absolute Gasteiger partial charge is 0.255 e. The van der Waals surface area contributed by atoms with Crippen LogP contribution in [-0.2, 0) is 36.1 Å². The number of fused-ring (bicyclic) bond motifs is 1. The number of hydrogen-bond donors (Lipinski definition) is 10. The summed E-state index contributed by atoms with van der Waals surface area (Å²) in [5, 5.41) is 41.1. The number of thioether (sulfide) groups is 4. The van der Waals surface area contributed by atoms with Gasteiger partial charge in [-0.25, -0.2) is 20.2 Å². The lowest BCUT2D eigenvalue weighted by atomic mass is 10.1. The number of nitrogens with two attached hydrogens (primary N) is 2. The molecule has 0 atom stereocenters. The summed E-state index contributed by atoms with van der Waals surface area (Å²) in [5.74, 6) is 4.91. The van der Waals surface area contributed by atoms with Crippen LogP contribution in [0.25, 0.3) is 0 Å². The molecule has 4 amide bonds. The van der Waals surface area contributed by atoms with Crippen molar-refractivity contribution >= 4 is 111 Å². The average molecular weight is 1380 g/mol. The van der Waals surface area contributed by atoms with Gasteiger partial charge in [0, 0.05) is 86.7 Å². The number of nitrogens with zero attached hydrogens (tertiary/aromatic N) is 8. The Hall–Kier alpha value is -10.0. The van der Waals surface area contributed by atoms with Crippen molar-refractivity contribution in [2.24, 2.45) is 0 Å². The minimum atomic E-state index is -0.243. The molecule has 4 aromatic heterocycles. The van der Waals surface area contributed by atoms with E-state index in [0.29, 0.717) is 84.4 Å². The number of aromatic amines is 4. The van der Waals surface area contributed by atoms with Gasteiger partial charge in [-0.2, -0.15) is 20.2 Å². The van der Waals surface area contributed by atoms with Crippen molar-refractivity contribution in [1.29, 1.82) is 0 Å². The van der Waals surface area contributed by atoms with E-state index in [1.165, 1.54) is 47.9 Å². The molecule has 25 nitrogen and oxygen atoms in total. The van der Waals surface area contributed by atoms with E-state index >= 15 is 0 Å². The van der Waals surface area contributed by atoms with Gasteiger partial charge in [0.25, 0.3) is 23.6 Å². The van der Waals surface area contributed by atoms with Gasteiger partial charge in [0.2, 0.25) is 29.0 Å². The van der Waals surface area contributed by atoms with Gasteiger partial charge < -0.3 is 46.9 Å². The van der Waals surface area contributed by atoms with Crippen LogP contribution in [0.1, 0.15) is 74.8 Å². The number of amides is 4. The molecular formula is C63H60Cl2N18O7S4. The van der Waals surface area contributed by atoms with Gasteiger partial charge in [0.1, 0.15) is 18.4 Å². The Labute approximate surface area is 565 Å². The van der Waals surface area contributed by atoms with E-state index in [-0.39, 0.29) is 42.3 Å². The maximum atomic E-state index is 12.4. The van der Waals surface area contributed by atoms with Gasteiger partial charge in [0.05, 0.1) is 7.11 Å². The summed E-state index contributed by atoms with van der Waals surface area (Å²) in [6, 6.07) is 48.0. The first-order chi connectivity index (χ1) is 45.7. The number of H-pyrrole nitrogens is 4. The first-order valence-corrected chi connectivity index (χ1v) is 32.9. The van der Waals surface area contributed by atoms with E-state index in [9.17, 15) is 19.2 Å². The van der Waals surface area contributed by atoms with E-state index in [0.717, 1.165) is 60.9 Å². The van der Waals surface area contributed by atoms with Gasteiger partial charge in [-0.3, -0.25) is 29.4 Å². The van der Waals surface area contributed by atoms with Crippen molar-refractivity contribution in [2.45, 2.75) is 56.7 Å². The van der Waals surface area contributed by atoms with E-state index in [1.54, 1.807) is 68.4 Å². The van der Waals surface area contributed by atoms with Crippen LogP contribution < -0.4 is 46.9 Å². The molecule has 0 bridgehead atoms. The first-order valence-electron chi connectivity index (χ1n) is 28.2. The molecule has 0 radical (unpaired) electrons. The molecule has 0 aliphatic carbocycles. The van der Waals surface area contributed by atoms with Gasteiger partial charge in [-0.15, -0.1) is 10.2 Å². The summed E-state index contributed by atoms with van der Waals surface area (Å²) in [7, 11) is 3.24. The number of aromatic nitrogens is 12. The number of para-hydroxylation sites is 1. The molecule has 31 heteroatoms. The minimum Gasteiger partial charge on any atom is -0.496 e. The van der Waals surface area contributed by atoms with Crippen LogP contribution in [0.2, 0.25) is 10.0 Å². The zero-order chi connectivity index (χ0) is 66.0. The maximum absolute atomic E-state index is 12.4. The fourth-order valence-corrected chi connectivity index (χ4v) is 11.9. The number of halogens is 2. The lowest BCUT2D eigenvalue weighted by Gasteiger charge is -2.10. The SMILES string of the molecule is CNC(=O)c1cccc(CSc2ncn[nH]2)c1.COc1ccccc1CNC(=O)c1cccc(CSc2n[nH]c(N)n2)c1.Nc1nc(SCc2cccc(C(=O)Nc3cc(Cl)cc(Cl)c3)c2)n[nH]1.O=C(NCc1ccc2c(c1)OCO2)c1cccc(CSc2ncn[nH]2)c1. The Morgan fingerprint density at radius 3 is 1.48 bits per heavy atom. The molecular weight excluding hydrogens is 1320 g/mol. The summed E-state index contributed by atoms with van der Waals surface area (Å²) < 4.78 is 15.9. The summed E-state index contributed by atoms with van der Waals surface area (Å²) >= 11 is 17.8. The second kappa shape index (κ2) is 35.1. The monoisotopic (exact) mass is 1380 g/mol. The maximum Gasteiger partial charge on any atom is 0.255 e. The molecule has 0 saturated heterocycles. The van der Waals surface area contributed by atoms with E-state index in [1.807, 2.05) is 115 Å². The average Bonchev–Trinajstić information content (AvgIpc) is 1.72. The van der Waals surface area contributed by atoms with Crippen LogP contribution >= 0.6 is 70.2 Å². The van der Waals surface area contributed by atoms with Crippen LogP contribution in [0.3, 0.4) is 0 Å². The normalized spacial score (nSPS) is 10.9. The van der Waals surface area contributed by atoms with Crippen LogP contribution in [0.4, 0.5) is 17.6 Å². The Balaban J connectivity index is 0.000000149. The number of anilines is 3. The Bertz CT molecular complexity index is 4280. The number of methoxy groups -OCH3 is 1. The van der Waals surface area contributed by atoms with Gasteiger partial charge in [0.15, 0.2) is 21.8 Å². The number of ether oxygens (including phenoxy) is 3. The molecule has 7 aromatic carbocycles. The largest absolute Gasteiger partial charge is 0.496 e. The van der Waals surface area contributed by atoms with Crippen LogP contribution in [0, 0.1) is 0 Å². The molecule has 12 rings (SSSR count). The lowest BCUT2D eigenvalue weighted by Crippen LogP contribution is -2.23. The van der Waals surface area contributed by atoms with Gasteiger partial charge in [-0.1, -0.05) is 143 Å². The summed E-state index contributed by atoms with van der Waals surface area (Å²) in [5.41, 5.74) is 19.9. The van der Waals surface area contributed by atoms with E-state index in [4.69, 9.17) is 48.9 Å². The van der Waals surface area contributed by atoms with Crippen molar-refractivity contribution in [3.63, 3.8) is 0 Å². The highest BCUT2D eigenvalue weighted by molar-refractivity contribution is 7.99. The van der Waals surface area contributed by atoms with Gasteiger partial charge in [-0.05, 0) is 113 Å².